The van der Waals surface area contributed by atoms with E-state index in [4.69, 9.17) is 10.5 Å². The monoisotopic (exact) mass is 447 g/mol. The first-order valence-electron chi connectivity index (χ1n) is 9.86. The molecule has 1 saturated heterocycles. The molecule has 3 aromatic heterocycles. The number of likely N-dealkylation sites (tertiary alicyclic amines) is 1. The number of amides is 1. The van der Waals surface area contributed by atoms with Crippen molar-refractivity contribution in [3.8, 4) is 11.7 Å². The van der Waals surface area contributed by atoms with Gasteiger partial charge in [-0.15, -0.1) is 4.80 Å². The summed E-state index contributed by atoms with van der Waals surface area (Å²) in [5.41, 5.74) is 5.08. The number of halogens is 3. The Kier molecular flexibility index (Phi) is 5.68. The van der Waals surface area contributed by atoms with Gasteiger partial charge < -0.3 is 15.4 Å². The molecule has 4 rings (SSSR count). The van der Waals surface area contributed by atoms with Crippen LogP contribution in [0, 0.1) is 0 Å². The van der Waals surface area contributed by atoms with Crippen LogP contribution in [-0.2, 0) is 6.18 Å². The van der Waals surface area contributed by atoms with Crippen LogP contribution in [0.15, 0.2) is 42.9 Å². The number of nitrogens with two attached hydrogens (primary N) is 1. The molecule has 0 bridgehead atoms. The van der Waals surface area contributed by atoms with Gasteiger partial charge in [-0.05, 0) is 38.0 Å². The highest BCUT2D eigenvalue weighted by molar-refractivity contribution is 5.97. The predicted octanol–water partition coefficient (Wildman–Crippen LogP) is 2.73. The molecule has 32 heavy (non-hydrogen) atoms. The fourth-order valence-corrected chi connectivity index (χ4v) is 3.52. The molecule has 0 radical (unpaired) electrons. The van der Waals surface area contributed by atoms with Crippen molar-refractivity contribution in [3.63, 3.8) is 0 Å². The fraction of sp³-hybridized carbons (Fsp3) is 0.350. The molecule has 4 heterocycles. The number of nitrogen functional groups attached to an aromatic ring is 1. The summed E-state index contributed by atoms with van der Waals surface area (Å²) in [6.45, 7) is 2.10. The second kappa shape index (κ2) is 8.44. The number of carbonyl (C=O) groups excluding carboxylic acids is 1. The maximum Gasteiger partial charge on any atom is 0.433 e. The van der Waals surface area contributed by atoms with Crippen LogP contribution in [0.5, 0.6) is 5.88 Å². The summed E-state index contributed by atoms with van der Waals surface area (Å²) in [6, 6.07) is 4.95. The van der Waals surface area contributed by atoms with Crippen molar-refractivity contribution < 1.29 is 22.7 Å². The molecule has 9 nitrogen and oxygen atoms in total. The highest BCUT2D eigenvalue weighted by atomic mass is 19.4. The van der Waals surface area contributed by atoms with Gasteiger partial charge in [0.2, 0.25) is 5.88 Å². The number of anilines is 1. The second-order valence-electron chi connectivity index (χ2n) is 7.44. The molecule has 1 aliphatic rings. The molecule has 1 amide bonds. The molecule has 0 aliphatic carbocycles. The van der Waals surface area contributed by atoms with Crippen molar-refractivity contribution in [1.29, 1.82) is 0 Å². The summed E-state index contributed by atoms with van der Waals surface area (Å²) in [4.78, 5) is 23.6. The lowest BCUT2D eigenvalue weighted by atomic mass is 10.00. The summed E-state index contributed by atoms with van der Waals surface area (Å²) < 4.78 is 45.5. The highest BCUT2D eigenvalue weighted by Gasteiger charge is 2.36. The number of pyridine rings is 2. The van der Waals surface area contributed by atoms with Gasteiger partial charge in [-0.1, -0.05) is 0 Å². The van der Waals surface area contributed by atoms with Crippen LogP contribution in [-0.4, -0.2) is 54.5 Å². The zero-order valence-corrected chi connectivity index (χ0v) is 17.0. The quantitative estimate of drug-likeness (QED) is 0.654. The average molecular weight is 447 g/mol. The molecule has 3 aromatic rings. The molecule has 1 fully saturated rings. The van der Waals surface area contributed by atoms with Gasteiger partial charge >= 0.3 is 6.18 Å². The van der Waals surface area contributed by atoms with E-state index in [1.807, 2.05) is 6.92 Å². The Morgan fingerprint density at radius 2 is 1.91 bits per heavy atom. The Morgan fingerprint density at radius 3 is 2.59 bits per heavy atom. The van der Waals surface area contributed by atoms with Gasteiger partial charge in [0.05, 0.1) is 24.5 Å². The molecule has 2 N–H and O–H groups in total. The van der Waals surface area contributed by atoms with Crippen LogP contribution in [0.2, 0.25) is 0 Å². The van der Waals surface area contributed by atoms with Gasteiger partial charge in [0.15, 0.2) is 5.82 Å². The molecule has 12 heteroatoms. The maximum atomic E-state index is 13.4. The minimum atomic E-state index is -4.68. The number of ether oxygens (including phenoxy) is 1. The molecule has 0 spiro atoms. The van der Waals surface area contributed by atoms with Crippen LogP contribution in [0.25, 0.3) is 5.82 Å². The van der Waals surface area contributed by atoms with Gasteiger partial charge in [-0.3, -0.25) is 4.79 Å². The lowest BCUT2D eigenvalue weighted by molar-refractivity contribution is -0.141. The third-order valence-electron chi connectivity index (χ3n) is 5.15. The zero-order chi connectivity index (χ0) is 22.9. The lowest BCUT2D eigenvalue weighted by Crippen LogP contribution is -2.49. The van der Waals surface area contributed by atoms with Crippen molar-refractivity contribution >= 4 is 11.6 Å². The fourth-order valence-electron chi connectivity index (χ4n) is 3.52. The standard InChI is InChI=1S/C20H20F3N7O2/c1-12-2-3-14(32-17-10-13(24)6-7-25-17)11-29(12)19(31)15-4-5-16(20(21,22)23)28-18(15)30-26-8-9-27-30/h4-10,12,14H,2-3,11H2,1H3,(H2,24,25). The molecule has 2 atom stereocenters. The number of aromatic nitrogens is 5. The summed E-state index contributed by atoms with van der Waals surface area (Å²) in [7, 11) is 0. The average Bonchev–Trinajstić information content (AvgIpc) is 3.28. The summed E-state index contributed by atoms with van der Waals surface area (Å²) in [5.74, 6) is -0.433. The van der Waals surface area contributed by atoms with Crippen LogP contribution in [0.4, 0.5) is 18.9 Å². The van der Waals surface area contributed by atoms with E-state index in [1.54, 1.807) is 17.0 Å². The van der Waals surface area contributed by atoms with E-state index in [0.717, 1.165) is 16.9 Å². The van der Waals surface area contributed by atoms with Gasteiger partial charge in [-0.25, -0.2) is 9.97 Å². The number of hydrogen-bond donors (Lipinski definition) is 1. The van der Waals surface area contributed by atoms with Crippen molar-refractivity contribution in [2.75, 3.05) is 12.3 Å². The Hall–Kier alpha value is -3.70. The third-order valence-corrected chi connectivity index (χ3v) is 5.15. The molecule has 0 aromatic carbocycles. The van der Waals surface area contributed by atoms with E-state index in [0.29, 0.717) is 24.4 Å². The first-order chi connectivity index (χ1) is 15.2. The molecule has 2 unspecified atom stereocenters. The molecular formula is C20H20F3N7O2. The van der Waals surface area contributed by atoms with Crippen LogP contribution >= 0.6 is 0 Å². The zero-order valence-electron chi connectivity index (χ0n) is 17.0. The SMILES string of the molecule is CC1CCC(Oc2cc(N)ccn2)CN1C(=O)c1ccc(C(F)(F)F)nc1-n1nccn1. The van der Waals surface area contributed by atoms with E-state index in [9.17, 15) is 18.0 Å². The van der Waals surface area contributed by atoms with Gasteiger partial charge in [0.25, 0.3) is 5.91 Å². The number of nitrogens with zero attached hydrogens (tertiary/aromatic N) is 6. The molecule has 1 aliphatic heterocycles. The molecule has 168 valence electrons. The first kappa shape index (κ1) is 21.5. The smallest absolute Gasteiger partial charge is 0.433 e. The normalized spacial score (nSPS) is 19.1. The highest BCUT2D eigenvalue weighted by Crippen LogP contribution is 2.30. The third kappa shape index (κ3) is 4.48. The lowest BCUT2D eigenvalue weighted by Gasteiger charge is -2.38. The minimum absolute atomic E-state index is 0.0382. The van der Waals surface area contributed by atoms with Gasteiger partial charge in [-0.2, -0.15) is 23.4 Å². The number of alkyl halides is 3. The topological polar surface area (TPSA) is 112 Å². The van der Waals surface area contributed by atoms with Crippen LogP contribution in [0.1, 0.15) is 35.8 Å². The van der Waals surface area contributed by atoms with E-state index >= 15 is 0 Å². The van der Waals surface area contributed by atoms with E-state index in [-0.39, 0.29) is 30.1 Å². The van der Waals surface area contributed by atoms with Gasteiger partial charge in [0, 0.05) is 24.0 Å². The van der Waals surface area contributed by atoms with E-state index in [2.05, 4.69) is 20.2 Å². The predicted molar refractivity (Wildman–Crippen MR) is 107 cm³/mol. The van der Waals surface area contributed by atoms with Gasteiger partial charge in [0.1, 0.15) is 11.8 Å². The number of carbonyl (C=O) groups is 1. The Labute approximate surface area is 181 Å². The Bertz CT molecular complexity index is 1100. The molecule has 0 saturated carbocycles. The number of rotatable bonds is 4. The summed E-state index contributed by atoms with van der Waals surface area (Å²) in [6.07, 6.45) is 0.409. The Balaban J connectivity index is 1.62. The first-order valence-corrected chi connectivity index (χ1v) is 9.86. The molecular weight excluding hydrogens is 427 g/mol. The number of piperidine rings is 1. The van der Waals surface area contributed by atoms with Crippen molar-refractivity contribution in [2.24, 2.45) is 0 Å². The second-order valence-corrected chi connectivity index (χ2v) is 7.44. The minimum Gasteiger partial charge on any atom is -0.472 e. The van der Waals surface area contributed by atoms with E-state index in [1.165, 1.54) is 18.6 Å². The van der Waals surface area contributed by atoms with Crippen LogP contribution in [0.3, 0.4) is 0 Å². The maximum absolute atomic E-state index is 13.4. The van der Waals surface area contributed by atoms with Crippen molar-refractivity contribution in [3.05, 3.63) is 54.1 Å². The van der Waals surface area contributed by atoms with Crippen molar-refractivity contribution in [1.82, 2.24) is 29.9 Å². The van der Waals surface area contributed by atoms with E-state index < -0.39 is 17.8 Å². The Morgan fingerprint density at radius 1 is 1.16 bits per heavy atom. The number of hydrogen-bond acceptors (Lipinski definition) is 7. The van der Waals surface area contributed by atoms with Crippen molar-refractivity contribution in [2.45, 2.75) is 38.1 Å². The summed E-state index contributed by atoms with van der Waals surface area (Å²) >= 11 is 0. The summed E-state index contributed by atoms with van der Waals surface area (Å²) in [5, 5.41) is 7.71. The van der Waals surface area contributed by atoms with Crippen LogP contribution < -0.4 is 10.5 Å². The largest absolute Gasteiger partial charge is 0.472 e.